The molecule has 90 valence electrons. The molecule has 0 radical (unpaired) electrons. The Balaban J connectivity index is 3.23. The summed E-state index contributed by atoms with van der Waals surface area (Å²) >= 11 is -2.08. The number of carbonyl (C=O) groups excluding carboxylic acids is 1. The van der Waals surface area contributed by atoms with Crippen molar-refractivity contribution in [3.05, 3.63) is 17.5 Å². The number of hydrogen-bond donors (Lipinski definition) is 1. The van der Waals surface area contributed by atoms with E-state index in [9.17, 15) is 9.00 Å². The van der Waals surface area contributed by atoms with Crippen LogP contribution < -0.4 is 0 Å². The Morgan fingerprint density at radius 1 is 1.56 bits per heavy atom. The molecule has 0 spiro atoms. The third-order valence-electron chi connectivity index (χ3n) is 2.31. The highest BCUT2D eigenvalue weighted by Gasteiger charge is 2.20. The van der Waals surface area contributed by atoms with E-state index in [-0.39, 0.29) is 11.5 Å². The van der Waals surface area contributed by atoms with Gasteiger partial charge in [-0.05, 0) is 26.8 Å². The van der Waals surface area contributed by atoms with Gasteiger partial charge in [0.15, 0.2) is 11.1 Å². The first-order chi connectivity index (χ1) is 7.52. The second-order valence-electron chi connectivity index (χ2n) is 3.19. The molecule has 0 aliphatic heterocycles. The predicted molar refractivity (Wildman–Crippen MR) is 59.8 cm³/mol. The Morgan fingerprint density at radius 2 is 2.19 bits per heavy atom. The lowest BCUT2D eigenvalue weighted by molar-refractivity contribution is 0.0513. The Kier molecular flexibility index (Phi) is 4.26. The molecule has 0 aliphatic rings. The lowest BCUT2D eigenvalue weighted by atomic mass is 10.4. The number of carbonyl (C=O) groups is 1. The minimum atomic E-state index is -2.08. The summed E-state index contributed by atoms with van der Waals surface area (Å²) in [7, 11) is 0. The predicted octanol–water partition coefficient (Wildman–Crippen LogP) is 1.57. The van der Waals surface area contributed by atoms with E-state index < -0.39 is 17.0 Å². The molecule has 1 heterocycles. The Bertz CT molecular complexity index is 425. The third-order valence-corrected chi connectivity index (χ3v) is 3.10. The molecular weight excluding hydrogens is 230 g/mol. The maximum atomic E-state index is 11.6. The van der Waals surface area contributed by atoms with Crippen LogP contribution in [0.4, 0.5) is 0 Å². The lowest BCUT2D eigenvalue weighted by Crippen LogP contribution is -2.12. The van der Waals surface area contributed by atoms with Crippen LogP contribution in [0.3, 0.4) is 0 Å². The van der Waals surface area contributed by atoms with Crippen LogP contribution in [0.25, 0.3) is 0 Å². The monoisotopic (exact) mass is 245 g/mol. The fourth-order valence-corrected chi connectivity index (χ4v) is 2.15. The van der Waals surface area contributed by atoms with Gasteiger partial charge in [0.25, 0.3) is 0 Å². The van der Waals surface area contributed by atoms with Crippen LogP contribution in [0.15, 0.2) is 11.0 Å². The number of hydrogen-bond acceptors (Lipinski definition) is 3. The molecular formula is C10H15NO4S. The largest absolute Gasteiger partial charge is 0.461 e. The first kappa shape index (κ1) is 12.9. The van der Waals surface area contributed by atoms with Crippen LogP contribution >= 0.6 is 0 Å². The molecule has 1 unspecified atom stereocenters. The van der Waals surface area contributed by atoms with Crippen LogP contribution in [-0.2, 0) is 22.4 Å². The molecule has 5 nitrogen and oxygen atoms in total. The zero-order valence-corrected chi connectivity index (χ0v) is 10.3. The molecule has 1 rings (SSSR count). The van der Waals surface area contributed by atoms with Crippen molar-refractivity contribution in [2.45, 2.75) is 32.2 Å². The smallest absolute Gasteiger partial charge is 0.354 e. The van der Waals surface area contributed by atoms with Gasteiger partial charge in [-0.25, -0.2) is 9.00 Å². The summed E-state index contributed by atoms with van der Waals surface area (Å²) in [5.74, 6) is -0.468. The molecule has 0 bridgehead atoms. The summed E-state index contributed by atoms with van der Waals surface area (Å²) in [4.78, 5) is 11.8. The SMILES string of the molecule is CCOC(=O)c1cc(S(=O)O)c(C)n1CC. The van der Waals surface area contributed by atoms with Crippen LogP contribution in [0.1, 0.15) is 30.0 Å². The van der Waals surface area contributed by atoms with Gasteiger partial charge in [-0.15, -0.1) is 0 Å². The van der Waals surface area contributed by atoms with Gasteiger partial charge in [0, 0.05) is 12.2 Å². The normalized spacial score (nSPS) is 12.5. The molecule has 0 aliphatic carbocycles. The topological polar surface area (TPSA) is 68.5 Å². The average molecular weight is 245 g/mol. The Labute approximate surface area is 96.7 Å². The molecule has 16 heavy (non-hydrogen) atoms. The molecule has 6 heteroatoms. The molecule has 0 aromatic carbocycles. The second-order valence-corrected chi connectivity index (χ2v) is 4.13. The van der Waals surface area contributed by atoms with Gasteiger partial charge >= 0.3 is 5.97 Å². The highest BCUT2D eigenvalue weighted by atomic mass is 32.2. The summed E-state index contributed by atoms with van der Waals surface area (Å²) in [6.07, 6.45) is 0. The van der Waals surface area contributed by atoms with Crippen molar-refractivity contribution in [2.24, 2.45) is 0 Å². The van der Waals surface area contributed by atoms with Crippen molar-refractivity contribution in [2.75, 3.05) is 6.61 Å². The number of nitrogens with zero attached hydrogens (tertiary/aromatic N) is 1. The van der Waals surface area contributed by atoms with Gasteiger partial charge in [0.2, 0.25) is 0 Å². The molecule has 0 saturated carbocycles. The lowest BCUT2D eigenvalue weighted by Gasteiger charge is -2.07. The third kappa shape index (κ3) is 2.33. The van der Waals surface area contributed by atoms with E-state index in [2.05, 4.69) is 0 Å². The fraction of sp³-hybridized carbons (Fsp3) is 0.500. The molecule has 0 saturated heterocycles. The number of aromatic nitrogens is 1. The van der Waals surface area contributed by atoms with E-state index in [1.165, 1.54) is 6.07 Å². The second kappa shape index (κ2) is 5.27. The zero-order valence-electron chi connectivity index (χ0n) is 9.52. The summed E-state index contributed by atoms with van der Waals surface area (Å²) < 4.78 is 26.6. The van der Waals surface area contributed by atoms with Gasteiger partial charge in [-0.3, -0.25) is 0 Å². The minimum absolute atomic E-state index is 0.255. The highest BCUT2D eigenvalue weighted by molar-refractivity contribution is 7.79. The van der Waals surface area contributed by atoms with E-state index in [1.807, 2.05) is 6.92 Å². The van der Waals surface area contributed by atoms with Crippen LogP contribution in [-0.4, -0.2) is 25.9 Å². The van der Waals surface area contributed by atoms with Gasteiger partial charge in [-0.1, -0.05) is 0 Å². The number of rotatable bonds is 4. The van der Waals surface area contributed by atoms with Crippen molar-refractivity contribution in [3.8, 4) is 0 Å². The Morgan fingerprint density at radius 3 is 2.62 bits per heavy atom. The summed E-state index contributed by atoms with van der Waals surface area (Å²) in [6, 6.07) is 1.41. The van der Waals surface area contributed by atoms with Crippen LogP contribution in [0.2, 0.25) is 0 Å². The van der Waals surface area contributed by atoms with Crippen LogP contribution in [0, 0.1) is 6.92 Å². The zero-order chi connectivity index (χ0) is 12.3. The van der Waals surface area contributed by atoms with Crippen molar-refractivity contribution in [3.63, 3.8) is 0 Å². The van der Waals surface area contributed by atoms with E-state index >= 15 is 0 Å². The first-order valence-electron chi connectivity index (χ1n) is 5.01. The number of ether oxygens (including phenoxy) is 1. The molecule has 0 fully saturated rings. The molecule has 0 amide bonds. The van der Waals surface area contributed by atoms with Crippen molar-refractivity contribution < 1.29 is 18.3 Å². The minimum Gasteiger partial charge on any atom is -0.461 e. The van der Waals surface area contributed by atoms with Crippen molar-refractivity contribution in [1.29, 1.82) is 0 Å². The quantitative estimate of drug-likeness (QED) is 0.646. The molecule has 1 atom stereocenters. The van der Waals surface area contributed by atoms with Crippen LogP contribution in [0.5, 0.6) is 0 Å². The number of esters is 1. The van der Waals surface area contributed by atoms with E-state index in [0.29, 0.717) is 17.9 Å². The van der Waals surface area contributed by atoms with E-state index in [4.69, 9.17) is 9.29 Å². The van der Waals surface area contributed by atoms with E-state index in [1.54, 1.807) is 18.4 Å². The van der Waals surface area contributed by atoms with Gasteiger partial charge < -0.3 is 13.9 Å². The van der Waals surface area contributed by atoms with Gasteiger partial charge in [0.05, 0.1) is 11.5 Å². The van der Waals surface area contributed by atoms with Crippen molar-refractivity contribution in [1.82, 2.24) is 4.57 Å². The van der Waals surface area contributed by atoms with Gasteiger partial charge in [-0.2, -0.15) is 0 Å². The summed E-state index contributed by atoms with van der Waals surface area (Å²) in [5, 5.41) is 0. The summed E-state index contributed by atoms with van der Waals surface area (Å²) in [5.41, 5.74) is 0.936. The summed E-state index contributed by atoms with van der Waals surface area (Å²) in [6.45, 7) is 6.12. The average Bonchev–Trinajstić information content (AvgIpc) is 2.55. The first-order valence-corrected chi connectivity index (χ1v) is 6.11. The molecule has 1 N–H and O–H groups in total. The maximum absolute atomic E-state index is 11.6. The molecule has 1 aromatic heterocycles. The maximum Gasteiger partial charge on any atom is 0.354 e. The van der Waals surface area contributed by atoms with E-state index in [0.717, 1.165) is 0 Å². The standard InChI is InChI=1S/C10H15NO4S/c1-4-11-7(3)9(16(13)14)6-8(11)10(12)15-5-2/h6H,4-5H2,1-3H3,(H,13,14). The van der Waals surface area contributed by atoms with Gasteiger partial charge in [0.1, 0.15) is 5.69 Å². The fourth-order valence-electron chi connectivity index (χ4n) is 1.58. The molecule has 1 aromatic rings. The Hall–Kier alpha value is -1.14. The highest BCUT2D eigenvalue weighted by Crippen LogP contribution is 2.19. The van der Waals surface area contributed by atoms with Crippen molar-refractivity contribution >= 4 is 17.0 Å².